The molecule has 4 nitrogen and oxygen atoms in total. The van der Waals surface area contributed by atoms with E-state index in [1.54, 1.807) is 0 Å². The van der Waals surface area contributed by atoms with Crippen LogP contribution in [0.2, 0.25) is 0 Å². The van der Waals surface area contributed by atoms with E-state index in [4.69, 9.17) is 10.8 Å². The van der Waals surface area contributed by atoms with Crippen molar-refractivity contribution in [1.82, 2.24) is 4.98 Å². The molecule has 0 spiro atoms. The van der Waals surface area contributed by atoms with Crippen molar-refractivity contribution >= 4 is 11.8 Å². The zero-order chi connectivity index (χ0) is 13.4. The zero-order valence-corrected chi connectivity index (χ0v) is 7.92. The monoisotopic (exact) mass is 256 g/mol. The molecular weight excluding hydrogens is 251 g/mol. The lowest BCUT2D eigenvalue weighted by Gasteiger charge is -2.14. The van der Waals surface area contributed by atoms with Gasteiger partial charge in [0, 0.05) is 5.56 Å². The van der Waals surface area contributed by atoms with Gasteiger partial charge in [-0.25, -0.2) is 18.6 Å². The molecule has 0 saturated heterocycles. The van der Waals surface area contributed by atoms with Crippen molar-refractivity contribution < 1.29 is 31.9 Å². The summed E-state index contributed by atoms with van der Waals surface area (Å²) in [5.74, 6) is -2.79. The topological polar surface area (TPSA) is 76.2 Å². The normalized spacial score (nSPS) is 11.9. The summed E-state index contributed by atoms with van der Waals surface area (Å²) in [7, 11) is 0. The van der Waals surface area contributed by atoms with E-state index in [0.717, 1.165) is 0 Å². The third kappa shape index (κ3) is 2.60. The Kier molecular flexibility index (Phi) is 3.21. The second kappa shape index (κ2) is 4.15. The number of anilines is 1. The van der Waals surface area contributed by atoms with Gasteiger partial charge in [0.1, 0.15) is 5.82 Å². The Balaban J connectivity index is 3.66. The number of nitrogens with zero attached hydrogens (tertiary/aromatic N) is 1. The second-order valence-corrected chi connectivity index (χ2v) is 2.96. The van der Waals surface area contributed by atoms with Gasteiger partial charge in [0.25, 0.3) is 6.43 Å². The van der Waals surface area contributed by atoms with Crippen LogP contribution >= 0.6 is 0 Å². The van der Waals surface area contributed by atoms with E-state index in [2.05, 4.69) is 4.98 Å². The number of nitrogens with two attached hydrogens (primary N) is 1. The Hall–Kier alpha value is -1.93. The maximum atomic E-state index is 12.5. The fourth-order valence-electron chi connectivity index (χ4n) is 1.21. The van der Waals surface area contributed by atoms with E-state index in [1.807, 2.05) is 0 Å². The molecule has 0 unspecified atom stereocenters. The minimum Gasteiger partial charge on any atom is -0.476 e. The Morgan fingerprint density at radius 1 is 1.41 bits per heavy atom. The summed E-state index contributed by atoms with van der Waals surface area (Å²) in [5.41, 5.74) is -0.0378. The van der Waals surface area contributed by atoms with Crippen LogP contribution in [0.5, 0.6) is 0 Å². The van der Waals surface area contributed by atoms with Crippen LogP contribution < -0.4 is 5.73 Å². The molecule has 0 atom stereocenters. The quantitative estimate of drug-likeness (QED) is 0.796. The van der Waals surface area contributed by atoms with E-state index in [0.29, 0.717) is 6.07 Å². The first-order valence-corrected chi connectivity index (χ1v) is 4.03. The van der Waals surface area contributed by atoms with E-state index in [1.165, 1.54) is 0 Å². The maximum absolute atomic E-state index is 12.5. The van der Waals surface area contributed by atoms with Crippen LogP contribution in [-0.4, -0.2) is 16.1 Å². The van der Waals surface area contributed by atoms with Crippen molar-refractivity contribution in [3.63, 3.8) is 0 Å². The van der Waals surface area contributed by atoms with Crippen LogP contribution in [0.15, 0.2) is 6.07 Å². The molecule has 3 N–H and O–H groups in total. The molecule has 9 heteroatoms. The number of pyridine rings is 1. The summed E-state index contributed by atoms with van der Waals surface area (Å²) in [4.78, 5) is 13.4. The molecule has 0 aliphatic rings. The van der Waals surface area contributed by atoms with Crippen molar-refractivity contribution in [2.45, 2.75) is 12.6 Å². The molecule has 0 radical (unpaired) electrons. The predicted molar refractivity (Wildman–Crippen MR) is 45.6 cm³/mol. The highest BCUT2D eigenvalue weighted by atomic mass is 19.4. The van der Waals surface area contributed by atoms with Gasteiger partial charge in [-0.15, -0.1) is 0 Å². The lowest BCUT2D eigenvalue weighted by molar-refractivity contribution is -0.140. The van der Waals surface area contributed by atoms with Crippen LogP contribution in [0.3, 0.4) is 0 Å². The van der Waals surface area contributed by atoms with Gasteiger partial charge >= 0.3 is 12.1 Å². The number of nitrogen functional groups attached to an aromatic ring is 1. The summed E-state index contributed by atoms with van der Waals surface area (Å²) >= 11 is 0. The highest BCUT2D eigenvalue weighted by molar-refractivity contribution is 5.88. The maximum Gasteiger partial charge on any atom is 0.419 e. The number of aromatic nitrogens is 1. The molecule has 94 valence electrons. The van der Waals surface area contributed by atoms with Crippen molar-refractivity contribution in [3.05, 3.63) is 22.9 Å². The minimum atomic E-state index is -5.25. The van der Waals surface area contributed by atoms with Gasteiger partial charge in [-0.1, -0.05) is 0 Å². The number of rotatable bonds is 2. The number of carbonyl (C=O) groups is 1. The number of carboxylic acids is 1. The van der Waals surface area contributed by atoms with Crippen molar-refractivity contribution in [1.29, 1.82) is 0 Å². The van der Waals surface area contributed by atoms with Crippen molar-refractivity contribution in [3.8, 4) is 0 Å². The summed E-state index contributed by atoms with van der Waals surface area (Å²) in [5, 5.41) is 8.50. The molecule has 1 aromatic heterocycles. The van der Waals surface area contributed by atoms with Gasteiger partial charge in [0.15, 0.2) is 5.69 Å². The number of hydrogen-bond acceptors (Lipinski definition) is 3. The molecule has 0 saturated carbocycles. The zero-order valence-electron chi connectivity index (χ0n) is 7.92. The number of aromatic carboxylic acids is 1. The Morgan fingerprint density at radius 3 is 2.29 bits per heavy atom. The highest BCUT2D eigenvalue weighted by Crippen LogP contribution is 2.38. The van der Waals surface area contributed by atoms with Gasteiger partial charge < -0.3 is 10.8 Å². The first-order chi connectivity index (χ1) is 7.64. The molecule has 1 heterocycles. The standard InChI is InChI=1S/C8H5F5N2O2/c9-6(10)2-1-3(14)15-5(7(16)17)4(2)8(11,12)13/h1,6H,(H2,14,15)(H,16,17). The molecule has 0 aliphatic carbocycles. The largest absolute Gasteiger partial charge is 0.476 e. The molecule has 0 aromatic carbocycles. The molecule has 0 amide bonds. The number of hydrogen-bond donors (Lipinski definition) is 2. The van der Waals surface area contributed by atoms with Crippen molar-refractivity contribution in [2.24, 2.45) is 0 Å². The summed E-state index contributed by atoms with van der Waals surface area (Å²) in [6.07, 6.45) is -8.75. The predicted octanol–water partition coefficient (Wildman–Crippen LogP) is 2.32. The van der Waals surface area contributed by atoms with Gasteiger partial charge in [0.2, 0.25) is 0 Å². The van der Waals surface area contributed by atoms with E-state index in [9.17, 15) is 26.7 Å². The fraction of sp³-hybridized carbons (Fsp3) is 0.250. The molecule has 0 bridgehead atoms. The SMILES string of the molecule is Nc1cc(C(F)F)c(C(F)(F)F)c(C(=O)O)n1. The van der Waals surface area contributed by atoms with Gasteiger partial charge in [-0.05, 0) is 6.07 Å². The summed E-state index contributed by atoms with van der Waals surface area (Å²) < 4.78 is 62.3. The molecule has 0 aliphatic heterocycles. The minimum absolute atomic E-state index is 0.305. The molecule has 17 heavy (non-hydrogen) atoms. The lowest BCUT2D eigenvalue weighted by atomic mass is 10.1. The first kappa shape index (κ1) is 13.1. The number of halogens is 5. The van der Waals surface area contributed by atoms with Crippen LogP contribution in [0.25, 0.3) is 0 Å². The van der Waals surface area contributed by atoms with Gasteiger partial charge in [-0.3, -0.25) is 0 Å². The summed E-state index contributed by atoms with van der Waals surface area (Å²) in [6, 6.07) is 0.305. The molecule has 1 aromatic rings. The third-order valence-electron chi connectivity index (χ3n) is 1.79. The van der Waals surface area contributed by atoms with Crippen LogP contribution in [0.4, 0.5) is 27.8 Å². The van der Waals surface area contributed by atoms with Gasteiger partial charge in [-0.2, -0.15) is 13.2 Å². The van der Waals surface area contributed by atoms with Gasteiger partial charge in [0.05, 0.1) is 5.56 Å². The summed E-state index contributed by atoms with van der Waals surface area (Å²) in [6.45, 7) is 0. The average Bonchev–Trinajstić information content (AvgIpc) is 2.14. The Labute approximate surface area is 90.9 Å². The third-order valence-corrected chi connectivity index (χ3v) is 1.79. The highest BCUT2D eigenvalue weighted by Gasteiger charge is 2.41. The molecule has 1 rings (SSSR count). The average molecular weight is 256 g/mol. The van der Waals surface area contributed by atoms with E-state index < -0.39 is 41.2 Å². The number of alkyl halides is 5. The first-order valence-electron chi connectivity index (χ1n) is 4.03. The van der Waals surface area contributed by atoms with Crippen LogP contribution in [0, 0.1) is 0 Å². The molecule has 0 fully saturated rings. The fourth-order valence-corrected chi connectivity index (χ4v) is 1.21. The Morgan fingerprint density at radius 2 is 1.94 bits per heavy atom. The van der Waals surface area contributed by atoms with Crippen molar-refractivity contribution in [2.75, 3.05) is 5.73 Å². The Bertz CT molecular complexity index is 458. The number of carboxylic acid groups (broad SMARTS) is 1. The van der Waals surface area contributed by atoms with Crippen LogP contribution in [0.1, 0.15) is 28.0 Å². The smallest absolute Gasteiger partial charge is 0.419 e. The van der Waals surface area contributed by atoms with Crippen LogP contribution in [-0.2, 0) is 6.18 Å². The second-order valence-electron chi connectivity index (χ2n) is 2.96. The van der Waals surface area contributed by atoms with E-state index >= 15 is 0 Å². The van der Waals surface area contributed by atoms with E-state index in [-0.39, 0.29) is 0 Å². The molecular formula is C8H5F5N2O2. The lowest BCUT2D eigenvalue weighted by Crippen LogP contribution is -2.19.